The first-order chi connectivity index (χ1) is 30.2. The fourth-order valence-electron chi connectivity index (χ4n) is 9.29. The van der Waals surface area contributed by atoms with E-state index in [1.807, 2.05) is 48.5 Å². The molecule has 6 heteroatoms. The van der Waals surface area contributed by atoms with E-state index >= 15 is 0 Å². The molecule has 0 amide bonds. The summed E-state index contributed by atoms with van der Waals surface area (Å²) in [5, 5.41) is 8.80. The standard InChI is InChI=1S/C55H32N4O2/c1-2-13-33(14-3-1)34-25-27-36(28-26-34)53-56-54(58-55(57-53)43-21-12-20-39-38-17-7-10-23-47(38)60-51(39)43)42-30-32-46(52-50(42)41-19-8-11-24-48(41)61-52)59-44-22-9-6-18-40(44)49-37-16-5-4-15-35(37)29-31-45(49)59/h1-32H. The van der Waals surface area contributed by atoms with E-state index in [2.05, 4.69) is 150 Å². The molecule has 0 aliphatic rings. The van der Waals surface area contributed by atoms with Crippen molar-refractivity contribution in [2.24, 2.45) is 0 Å². The van der Waals surface area contributed by atoms with Crippen LogP contribution in [-0.4, -0.2) is 19.5 Å². The molecule has 0 radical (unpaired) electrons. The Bertz CT molecular complexity index is 3880. The zero-order chi connectivity index (χ0) is 40.0. The van der Waals surface area contributed by atoms with Crippen molar-refractivity contribution < 1.29 is 8.83 Å². The molecular weight excluding hydrogens is 749 g/mol. The normalized spacial score (nSPS) is 11.9. The quantitative estimate of drug-likeness (QED) is 0.174. The first-order valence-corrected chi connectivity index (χ1v) is 20.4. The Labute approximate surface area is 348 Å². The van der Waals surface area contributed by atoms with Crippen LogP contribution in [0.2, 0.25) is 0 Å². The Balaban J connectivity index is 1.08. The number of para-hydroxylation sites is 4. The van der Waals surface area contributed by atoms with E-state index in [0.29, 0.717) is 17.5 Å². The molecular formula is C55H32N4O2. The van der Waals surface area contributed by atoms with E-state index in [0.717, 1.165) is 88.4 Å². The van der Waals surface area contributed by atoms with Crippen molar-refractivity contribution in [3.8, 4) is 51.0 Å². The summed E-state index contributed by atoms with van der Waals surface area (Å²) in [6.07, 6.45) is 0. The van der Waals surface area contributed by atoms with Crippen LogP contribution >= 0.6 is 0 Å². The van der Waals surface area contributed by atoms with Gasteiger partial charge in [-0.3, -0.25) is 0 Å². The summed E-state index contributed by atoms with van der Waals surface area (Å²) in [4.78, 5) is 15.8. The summed E-state index contributed by atoms with van der Waals surface area (Å²) in [6, 6.07) is 67.3. The summed E-state index contributed by atoms with van der Waals surface area (Å²) < 4.78 is 15.8. The van der Waals surface area contributed by atoms with E-state index in [-0.39, 0.29) is 0 Å². The summed E-state index contributed by atoms with van der Waals surface area (Å²) in [7, 11) is 0. The lowest BCUT2D eigenvalue weighted by Gasteiger charge is -2.13. The SMILES string of the molecule is c1ccc(-c2ccc(-c3nc(-c4cccc5c4oc4ccccc45)nc(-c4ccc(-n5c6ccccc6c6c7ccccc7ccc65)c5oc6ccccc6c45)n3)cc2)cc1. The highest BCUT2D eigenvalue weighted by molar-refractivity contribution is 6.22. The van der Waals surface area contributed by atoms with Crippen molar-refractivity contribution >= 4 is 76.5 Å². The molecule has 4 heterocycles. The van der Waals surface area contributed by atoms with Gasteiger partial charge in [-0.1, -0.05) is 152 Å². The maximum atomic E-state index is 6.92. The lowest BCUT2D eigenvalue weighted by molar-refractivity contribution is 0.666. The van der Waals surface area contributed by atoms with Crippen LogP contribution in [0.5, 0.6) is 0 Å². The highest BCUT2D eigenvalue weighted by Gasteiger charge is 2.24. The topological polar surface area (TPSA) is 69.9 Å². The molecule has 0 atom stereocenters. The molecule has 0 N–H and O–H groups in total. The second kappa shape index (κ2) is 13.1. The van der Waals surface area contributed by atoms with Crippen LogP contribution in [-0.2, 0) is 0 Å². The van der Waals surface area contributed by atoms with Gasteiger partial charge in [-0.25, -0.2) is 15.0 Å². The maximum absolute atomic E-state index is 6.92. The van der Waals surface area contributed by atoms with Crippen molar-refractivity contribution in [3.63, 3.8) is 0 Å². The second-order valence-corrected chi connectivity index (χ2v) is 15.5. The lowest BCUT2D eigenvalue weighted by Crippen LogP contribution is -2.01. The number of aromatic nitrogens is 4. The van der Waals surface area contributed by atoms with Gasteiger partial charge in [0.15, 0.2) is 23.1 Å². The third kappa shape index (κ3) is 5.12. The summed E-state index contributed by atoms with van der Waals surface area (Å²) in [5.74, 6) is 1.62. The van der Waals surface area contributed by atoms with Crippen LogP contribution in [0.15, 0.2) is 203 Å². The van der Waals surface area contributed by atoms with Crippen LogP contribution in [0.4, 0.5) is 0 Å². The molecule has 13 rings (SSSR count). The maximum Gasteiger partial charge on any atom is 0.167 e. The van der Waals surface area contributed by atoms with E-state index in [1.165, 1.54) is 21.5 Å². The number of hydrogen-bond acceptors (Lipinski definition) is 5. The van der Waals surface area contributed by atoms with Crippen molar-refractivity contribution in [2.45, 2.75) is 0 Å². The van der Waals surface area contributed by atoms with Crippen LogP contribution in [0, 0.1) is 0 Å². The zero-order valence-corrected chi connectivity index (χ0v) is 32.6. The summed E-state index contributed by atoms with van der Waals surface area (Å²) in [6.45, 7) is 0. The Hall–Kier alpha value is -8.35. The lowest BCUT2D eigenvalue weighted by atomic mass is 10.0. The van der Waals surface area contributed by atoms with Gasteiger partial charge in [0.2, 0.25) is 0 Å². The molecule has 0 unspecified atom stereocenters. The number of rotatable bonds is 5. The number of hydrogen-bond donors (Lipinski definition) is 0. The van der Waals surface area contributed by atoms with E-state index in [4.69, 9.17) is 23.8 Å². The molecule has 0 fully saturated rings. The molecule has 0 aliphatic carbocycles. The number of nitrogens with zero attached hydrogens (tertiary/aromatic N) is 4. The zero-order valence-electron chi connectivity index (χ0n) is 32.6. The molecule has 61 heavy (non-hydrogen) atoms. The van der Waals surface area contributed by atoms with Gasteiger partial charge in [0.25, 0.3) is 0 Å². The second-order valence-electron chi connectivity index (χ2n) is 15.5. The molecule has 0 spiro atoms. The van der Waals surface area contributed by atoms with Crippen LogP contribution in [0.3, 0.4) is 0 Å². The minimum atomic E-state index is 0.524. The van der Waals surface area contributed by atoms with Gasteiger partial charge in [-0.2, -0.15) is 0 Å². The third-order valence-electron chi connectivity index (χ3n) is 12.1. The number of benzene rings is 9. The molecule has 13 aromatic rings. The highest BCUT2D eigenvalue weighted by Crippen LogP contribution is 2.44. The third-order valence-corrected chi connectivity index (χ3v) is 12.1. The van der Waals surface area contributed by atoms with Crippen molar-refractivity contribution in [3.05, 3.63) is 194 Å². The van der Waals surface area contributed by atoms with E-state index in [9.17, 15) is 0 Å². The van der Waals surface area contributed by atoms with Crippen LogP contribution in [0.1, 0.15) is 0 Å². The molecule has 0 aliphatic heterocycles. The van der Waals surface area contributed by atoms with Crippen molar-refractivity contribution in [2.75, 3.05) is 0 Å². The van der Waals surface area contributed by atoms with E-state index < -0.39 is 0 Å². The largest absolute Gasteiger partial charge is 0.455 e. The van der Waals surface area contributed by atoms with E-state index in [1.54, 1.807) is 0 Å². The summed E-state index contributed by atoms with van der Waals surface area (Å²) in [5.41, 5.74) is 11.0. The molecule has 0 bridgehead atoms. The van der Waals surface area contributed by atoms with Crippen LogP contribution in [0.25, 0.3) is 127 Å². The summed E-state index contributed by atoms with van der Waals surface area (Å²) >= 11 is 0. The fourth-order valence-corrected chi connectivity index (χ4v) is 9.29. The minimum Gasteiger partial charge on any atom is -0.455 e. The smallest absolute Gasteiger partial charge is 0.167 e. The van der Waals surface area contributed by atoms with Crippen LogP contribution < -0.4 is 0 Å². The molecule has 284 valence electrons. The average molecular weight is 781 g/mol. The molecule has 9 aromatic carbocycles. The first kappa shape index (κ1) is 33.6. The molecule has 6 nitrogen and oxygen atoms in total. The molecule has 0 saturated heterocycles. The predicted octanol–water partition coefficient (Wildman–Crippen LogP) is 14.6. The average Bonchev–Trinajstić information content (AvgIpc) is 4.02. The van der Waals surface area contributed by atoms with Crippen molar-refractivity contribution in [1.82, 2.24) is 19.5 Å². The minimum absolute atomic E-state index is 0.524. The van der Waals surface area contributed by atoms with Gasteiger partial charge >= 0.3 is 0 Å². The Morgan fingerprint density at radius 3 is 1.77 bits per heavy atom. The Kier molecular flexibility index (Phi) is 7.21. The van der Waals surface area contributed by atoms with Gasteiger partial charge in [-0.05, 0) is 64.4 Å². The van der Waals surface area contributed by atoms with Gasteiger partial charge in [-0.15, -0.1) is 0 Å². The van der Waals surface area contributed by atoms with Gasteiger partial charge in [0.05, 0.1) is 22.3 Å². The van der Waals surface area contributed by atoms with Gasteiger partial charge < -0.3 is 13.4 Å². The molecule has 4 aromatic heterocycles. The van der Waals surface area contributed by atoms with Gasteiger partial charge in [0, 0.05) is 43.4 Å². The molecule has 0 saturated carbocycles. The number of furan rings is 2. The highest BCUT2D eigenvalue weighted by atomic mass is 16.3. The Morgan fingerprint density at radius 2 is 0.934 bits per heavy atom. The predicted molar refractivity (Wildman–Crippen MR) is 248 cm³/mol. The number of fused-ring (bicyclic) bond motifs is 11. The van der Waals surface area contributed by atoms with Crippen molar-refractivity contribution in [1.29, 1.82) is 0 Å². The fraction of sp³-hybridized carbons (Fsp3) is 0. The Morgan fingerprint density at radius 1 is 0.328 bits per heavy atom. The first-order valence-electron chi connectivity index (χ1n) is 20.4. The van der Waals surface area contributed by atoms with Gasteiger partial charge in [0.1, 0.15) is 16.7 Å². The monoisotopic (exact) mass is 780 g/mol.